The van der Waals surface area contributed by atoms with Gasteiger partial charge in [0.25, 0.3) is 0 Å². The van der Waals surface area contributed by atoms with Gasteiger partial charge in [0, 0.05) is 5.56 Å². The number of carbonyl (C=O) groups is 1. The topological polar surface area (TPSA) is 55.7 Å². The van der Waals surface area contributed by atoms with Crippen LogP contribution in [-0.4, -0.2) is 26.7 Å². The summed E-state index contributed by atoms with van der Waals surface area (Å²) in [5, 5.41) is 10.1. The summed E-state index contributed by atoms with van der Waals surface area (Å²) in [7, 11) is 0. The molecular formula is C17H14FN3OS2. The number of Topliss-reactive ketones (excluding diaryl/α,β-unsaturated/α-hetero) is 1. The van der Waals surface area contributed by atoms with E-state index in [9.17, 15) is 9.18 Å². The van der Waals surface area contributed by atoms with Crippen molar-refractivity contribution < 1.29 is 9.18 Å². The zero-order valence-corrected chi connectivity index (χ0v) is 14.7. The molecule has 0 aliphatic heterocycles. The number of hydrogen-bond donors (Lipinski definition) is 0. The molecule has 0 radical (unpaired) electrons. The Balaban J connectivity index is 1.65. The number of thiazole rings is 1. The molecule has 0 atom stereocenters. The van der Waals surface area contributed by atoms with Gasteiger partial charge >= 0.3 is 0 Å². The molecule has 0 saturated heterocycles. The summed E-state index contributed by atoms with van der Waals surface area (Å²) in [5.74, 6) is -0.188. The van der Waals surface area contributed by atoms with E-state index in [1.807, 2.05) is 26.0 Å². The number of ketones is 1. The molecule has 122 valence electrons. The second-order valence-corrected chi connectivity index (χ2v) is 7.32. The van der Waals surface area contributed by atoms with Gasteiger partial charge in [-0.05, 0) is 50.2 Å². The van der Waals surface area contributed by atoms with Gasteiger partial charge < -0.3 is 0 Å². The van der Waals surface area contributed by atoms with Crippen LogP contribution in [0.25, 0.3) is 10.6 Å². The second-order valence-electron chi connectivity index (χ2n) is 5.12. The summed E-state index contributed by atoms with van der Waals surface area (Å²) in [5.41, 5.74) is 2.22. The molecule has 0 aliphatic carbocycles. The summed E-state index contributed by atoms with van der Waals surface area (Å²) >= 11 is 2.90. The maximum atomic E-state index is 12.9. The smallest absolute Gasteiger partial charge is 0.173 e. The highest BCUT2D eigenvalue weighted by Crippen LogP contribution is 2.28. The number of nitrogens with zero attached hydrogens (tertiary/aromatic N) is 3. The number of rotatable bonds is 5. The Morgan fingerprint density at radius 3 is 2.46 bits per heavy atom. The van der Waals surface area contributed by atoms with E-state index in [4.69, 9.17) is 0 Å². The number of halogens is 1. The first-order chi connectivity index (χ1) is 11.5. The predicted molar refractivity (Wildman–Crippen MR) is 94.1 cm³/mol. The molecule has 2 aromatic heterocycles. The molecule has 3 rings (SSSR count). The molecule has 0 spiro atoms. The fourth-order valence-electron chi connectivity index (χ4n) is 2.15. The number of aromatic nitrogens is 3. The lowest BCUT2D eigenvalue weighted by Gasteiger charge is -2.02. The van der Waals surface area contributed by atoms with Crippen LogP contribution in [-0.2, 0) is 0 Å². The Morgan fingerprint density at radius 1 is 1.12 bits per heavy atom. The van der Waals surface area contributed by atoms with Gasteiger partial charge in [-0.2, -0.15) is 0 Å². The molecule has 4 nitrogen and oxygen atoms in total. The highest BCUT2D eigenvalue weighted by atomic mass is 32.2. The predicted octanol–water partition coefficient (Wildman–Crippen LogP) is 4.33. The van der Waals surface area contributed by atoms with E-state index in [-0.39, 0.29) is 17.4 Å². The lowest BCUT2D eigenvalue weighted by atomic mass is 10.1. The molecule has 0 fully saturated rings. The number of aryl methyl sites for hydroxylation is 2. The van der Waals surface area contributed by atoms with Gasteiger partial charge in [-0.1, -0.05) is 11.8 Å². The van der Waals surface area contributed by atoms with E-state index >= 15 is 0 Å². The summed E-state index contributed by atoms with van der Waals surface area (Å²) in [6.07, 6.45) is 0. The van der Waals surface area contributed by atoms with Crippen molar-refractivity contribution in [3.8, 4) is 10.6 Å². The van der Waals surface area contributed by atoms with Crippen LogP contribution in [0.15, 0.2) is 41.4 Å². The molecule has 0 amide bonds. The normalized spacial score (nSPS) is 10.8. The standard InChI is InChI=1S/C17H14FN3OS2/c1-10-17(24-11(2)19-10)14-7-8-16(21-20-14)23-9-15(22)12-3-5-13(18)6-4-12/h3-8H,9H2,1-2H3. The van der Waals surface area contributed by atoms with Gasteiger partial charge in [0.15, 0.2) is 5.78 Å². The number of hydrogen-bond acceptors (Lipinski definition) is 6. The Labute approximate surface area is 147 Å². The van der Waals surface area contributed by atoms with Gasteiger partial charge in [0.05, 0.1) is 21.3 Å². The van der Waals surface area contributed by atoms with Crippen molar-refractivity contribution in [2.75, 3.05) is 5.75 Å². The third-order valence-electron chi connectivity index (χ3n) is 3.29. The van der Waals surface area contributed by atoms with Gasteiger partial charge in [0.2, 0.25) is 0 Å². The monoisotopic (exact) mass is 359 g/mol. The maximum Gasteiger partial charge on any atom is 0.173 e. The third kappa shape index (κ3) is 3.85. The fourth-order valence-corrected chi connectivity index (χ4v) is 3.74. The Morgan fingerprint density at radius 2 is 1.88 bits per heavy atom. The van der Waals surface area contributed by atoms with Gasteiger partial charge in [-0.3, -0.25) is 4.79 Å². The largest absolute Gasteiger partial charge is 0.293 e. The molecule has 0 bridgehead atoms. The first-order valence-electron chi connectivity index (χ1n) is 7.22. The van der Waals surface area contributed by atoms with E-state index in [0.717, 1.165) is 21.3 Å². The van der Waals surface area contributed by atoms with E-state index in [1.165, 1.54) is 36.0 Å². The Hall–Kier alpha value is -2.12. The van der Waals surface area contributed by atoms with Crippen LogP contribution in [0.5, 0.6) is 0 Å². The maximum absolute atomic E-state index is 12.9. The molecule has 3 aromatic rings. The molecule has 0 unspecified atom stereocenters. The van der Waals surface area contributed by atoms with Crippen LogP contribution in [0.3, 0.4) is 0 Å². The SMILES string of the molecule is Cc1nc(C)c(-c2ccc(SCC(=O)c3ccc(F)cc3)nn2)s1. The van der Waals surface area contributed by atoms with Crippen LogP contribution < -0.4 is 0 Å². The van der Waals surface area contributed by atoms with Crippen molar-refractivity contribution in [2.24, 2.45) is 0 Å². The highest BCUT2D eigenvalue weighted by Gasteiger charge is 2.11. The molecule has 7 heteroatoms. The molecule has 0 aliphatic rings. The van der Waals surface area contributed by atoms with Crippen LogP contribution in [0.4, 0.5) is 4.39 Å². The van der Waals surface area contributed by atoms with Gasteiger partial charge in [0.1, 0.15) is 16.5 Å². The van der Waals surface area contributed by atoms with Gasteiger partial charge in [-0.15, -0.1) is 21.5 Å². The first-order valence-corrected chi connectivity index (χ1v) is 9.03. The van der Waals surface area contributed by atoms with Gasteiger partial charge in [-0.25, -0.2) is 9.37 Å². The number of carbonyl (C=O) groups excluding carboxylic acids is 1. The van der Waals surface area contributed by atoms with Crippen molar-refractivity contribution in [3.05, 3.63) is 58.5 Å². The second kappa shape index (κ2) is 7.19. The van der Waals surface area contributed by atoms with Crippen molar-refractivity contribution in [1.82, 2.24) is 15.2 Å². The van der Waals surface area contributed by atoms with E-state index in [2.05, 4.69) is 15.2 Å². The first kappa shape index (κ1) is 16.7. The minimum absolute atomic E-state index is 0.0696. The summed E-state index contributed by atoms with van der Waals surface area (Å²) in [6.45, 7) is 3.91. The average molecular weight is 359 g/mol. The average Bonchev–Trinajstić information content (AvgIpc) is 2.92. The Bertz CT molecular complexity index is 861. The molecule has 0 saturated carbocycles. The van der Waals surface area contributed by atoms with E-state index < -0.39 is 0 Å². The molecule has 0 N–H and O–H groups in total. The van der Waals surface area contributed by atoms with Crippen LogP contribution >= 0.6 is 23.1 Å². The number of benzene rings is 1. The minimum Gasteiger partial charge on any atom is -0.293 e. The van der Waals surface area contributed by atoms with E-state index in [1.54, 1.807) is 11.3 Å². The number of thioether (sulfide) groups is 1. The summed E-state index contributed by atoms with van der Waals surface area (Å²) < 4.78 is 12.9. The Kier molecular flexibility index (Phi) is 5.01. The highest BCUT2D eigenvalue weighted by molar-refractivity contribution is 7.99. The van der Waals surface area contributed by atoms with Crippen LogP contribution in [0.1, 0.15) is 21.1 Å². The summed E-state index contributed by atoms with van der Waals surface area (Å²) in [4.78, 5) is 17.5. The molecular weight excluding hydrogens is 345 g/mol. The zero-order valence-electron chi connectivity index (χ0n) is 13.1. The van der Waals surface area contributed by atoms with Crippen LogP contribution in [0, 0.1) is 19.7 Å². The quantitative estimate of drug-likeness (QED) is 0.501. The minimum atomic E-state index is -0.353. The fraction of sp³-hybridized carbons (Fsp3) is 0.176. The summed E-state index contributed by atoms with van der Waals surface area (Å²) in [6, 6.07) is 9.28. The zero-order chi connectivity index (χ0) is 17.1. The third-order valence-corrected chi connectivity index (χ3v) is 5.31. The van der Waals surface area contributed by atoms with Crippen LogP contribution in [0.2, 0.25) is 0 Å². The van der Waals surface area contributed by atoms with Crippen molar-refractivity contribution >= 4 is 28.9 Å². The molecule has 24 heavy (non-hydrogen) atoms. The van der Waals surface area contributed by atoms with Crippen molar-refractivity contribution in [1.29, 1.82) is 0 Å². The lowest BCUT2D eigenvalue weighted by molar-refractivity contribution is 0.102. The van der Waals surface area contributed by atoms with Crippen molar-refractivity contribution in [3.63, 3.8) is 0 Å². The molecule has 2 heterocycles. The van der Waals surface area contributed by atoms with E-state index in [0.29, 0.717) is 10.6 Å². The molecule has 1 aromatic carbocycles. The lowest BCUT2D eigenvalue weighted by Crippen LogP contribution is -2.02. The van der Waals surface area contributed by atoms with Crippen molar-refractivity contribution in [2.45, 2.75) is 18.9 Å².